The molecule has 96 valence electrons. The van der Waals surface area contributed by atoms with Crippen LogP contribution in [0.15, 0.2) is 6.07 Å². The first-order valence-corrected chi connectivity index (χ1v) is 6.88. The molecule has 1 aliphatic heterocycles. The molecule has 0 aromatic carbocycles. The topological polar surface area (TPSA) is 34.0 Å². The van der Waals surface area contributed by atoms with E-state index < -0.39 is 0 Å². The van der Waals surface area contributed by atoms with Crippen molar-refractivity contribution in [1.82, 2.24) is 14.8 Å². The lowest BCUT2D eigenvalue weighted by Crippen LogP contribution is -2.20. The van der Waals surface area contributed by atoms with Crippen molar-refractivity contribution in [3.8, 4) is 0 Å². The van der Waals surface area contributed by atoms with Crippen LogP contribution < -0.4 is 4.90 Å². The Morgan fingerprint density at radius 2 is 2.06 bits per heavy atom. The van der Waals surface area contributed by atoms with Gasteiger partial charge in [-0.25, -0.2) is 4.98 Å². The molecule has 0 amide bonds. The molecule has 5 heteroatoms. The zero-order valence-electron chi connectivity index (χ0n) is 10.8. The van der Waals surface area contributed by atoms with Gasteiger partial charge in [0.1, 0.15) is 5.82 Å². The van der Waals surface area contributed by atoms with Crippen LogP contribution >= 0.6 is 11.6 Å². The van der Waals surface area contributed by atoms with E-state index in [-0.39, 0.29) is 0 Å². The number of halogens is 1. The lowest BCUT2D eigenvalue weighted by atomic mass is 10.2. The molecule has 0 bridgehead atoms. The second-order valence-corrected chi connectivity index (χ2v) is 5.15. The molecule has 1 aliphatic rings. The maximum Gasteiger partial charge on any atom is 0.160 e. The van der Waals surface area contributed by atoms with Gasteiger partial charge >= 0.3 is 0 Å². The smallest absolute Gasteiger partial charge is 0.160 e. The molecule has 2 aromatic heterocycles. The zero-order valence-corrected chi connectivity index (χ0v) is 11.5. The Kier molecular flexibility index (Phi) is 2.90. The largest absolute Gasteiger partial charge is 0.356 e. The third kappa shape index (κ3) is 1.75. The average molecular weight is 265 g/mol. The number of aryl methyl sites for hydroxylation is 2. The van der Waals surface area contributed by atoms with Crippen molar-refractivity contribution in [1.29, 1.82) is 0 Å². The quantitative estimate of drug-likeness (QED) is 0.782. The average Bonchev–Trinajstić information content (AvgIpc) is 2.98. The third-order valence-corrected chi connectivity index (χ3v) is 3.89. The van der Waals surface area contributed by atoms with Crippen LogP contribution in [-0.2, 0) is 12.9 Å². The van der Waals surface area contributed by atoms with Gasteiger partial charge in [0, 0.05) is 31.1 Å². The summed E-state index contributed by atoms with van der Waals surface area (Å²) in [5.74, 6) is 1.54. The van der Waals surface area contributed by atoms with Crippen molar-refractivity contribution in [2.24, 2.45) is 7.05 Å². The summed E-state index contributed by atoms with van der Waals surface area (Å²) >= 11 is 6.08. The number of anilines is 1. The molecule has 0 saturated carbocycles. The number of hydrogen-bond donors (Lipinski definition) is 0. The zero-order chi connectivity index (χ0) is 12.7. The second kappa shape index (κ2) is 4.43. The summed E-state index contributed by atoms with van der Waals surface area (Å²) in [5.41, 5.74) is 3.07. The SMILES string of the molecule is Cc1nn(C)c2nc(N3CCCC3)c(CCl)cc12. The molecule has 0 radical (unpaired) electrons. The van der Waals surface area contributed by atoms with Gasteiger partial charge in [-0.15, -0.1) is 11.6 Å². The van der Waals surface area contributed by atoms with Crippen LogP contribution in [0.25, 0.3) is 11.0 Å². The van der Waals surface area contributed by atoms with Crippen LogP contribution in [0.2, 0.25) is 0 Å². The Morgan fingerprint density at radius 3 is 2.72 bits per heavy atom. The van der Waals surface area contributed by atoms with Crippen molar-refractivity contribution in [3.63, 3.8) is 0 Å². The molecule has 2 aromatic rings. The van der Waals surface area contributed by atoms with E-state index in [1.807, 2.05) is 18.7 Å². The van der Waals surface area contributed by atoms with Gasteiger partial charge in [0.2, 0.25) is 0 Å². The predicted octanol–water partition coefficient (Wildman–Crippen LogP) is 2.62. The second-order valence-electron chi connectivity index (χ2n) is 4.88. The van der Waals surface area contributed by atoms with Crippen LogP contribution in [0.3, 0.4) is 0 Å². The molecule has 3 heterocycles. The number of nitrogens with zero attached hydrogens (tertiary/aromatic N) is 4. The van der Waals surface area contributed by atoms with E-state index >= 15 is 0 Å². The lowest BCUT2D eigenvalue weighted by Gasteiger charge is -2.19. The minimum Gasteiger partial charge on any atom is -0.356 e. The molecule has 1 saturated heterocycles. The first-order chi connectivity index (χ1) is 8.70. The van der Waals surface area contributed by atoms with Gasteiger partial charge in [-0.05, 0) is 25.8 Å². The molecule has 0 aliphatic carbocycles. The molecular formula is C13H17ClN4. The summed E-state index contributed by atoms with van der Waals surface area (Å²) in [6, 6.07) is 2.14. The summed E-state index contributed by atoms with van der Waals surface area (Å²) in [7, 11) is 1.94. The maximum absolute atomic E-state index is 6.08. The minimum absolute atomic E-state index is 0.503. The highest BCUT2D eigenvalue weighted by molar-refractivity contribution is 6.17. The summed E-state index contributed by atoms with van der Waals surface area (Å²) in [6.45, 7) is 4.18. The number of hydrogen-bond acceptors (Lipinski definition) is 3. The number of aromatic nitrogens is 3. The van der Waals surface area contributed by atoms with Crippen LogP contribution in [0.5, 0.6) is 0 Å². The molecule has 0 spiro atoms. The first-order valence-electron chi connectivity index (χ1n) is 6.35. The van der Waals surface area contributed by atoms with Gasteiger partial charge in [0.15, 0.2) is 5.65 Å². The normalized spacial score (nSPS) is 15.8. The van der Waals surface area contributed by atoms with Crippen molar-refractivity contribution >= 4 is 28.5 Å². The van der Waals surface area contributed by atoms with Crippen molar-refractivity contribution in [3.05, 3.63) is 17.3 Å². The number of alkyl halides is 1. The van der Waals surface area contributed by atoms with E-state index in [1.54, 1.807) is 0 Å². The molecule has 18 heavy (non-hydrogen) atoms. The van der Waals surface area contributed by atoms with E-state index in [2.05, 4.69) is 16.1 Å². The van der Waals surface area contributed by atoms with Gasteiger partial charge in [-0.1, -0.05) is 0 Å². The third-order valence-electron chi connectivity index (χ3n) is 3.60. The Morgan fingerprint density at radius 1 is 1.33 bits per heavy atom. The van der Waals surface area contributed by atoms with Gasteiger partial charge < -0.3 is 4.90 Å². The molecule has 0 atom stereocenters. The molecule has 0 N–H and O–H groups in total. The summed E-state index contributed by atoms with van der Waals surface area (Å²) < 4.78 is 1.85. The van der Waals surface area contributed by atoms with Crippen LogP contribution in [0.1, 0.15) is 24.1 Å². The predicted molar refractivity (Wildman–Crippen MR) is 74.3 cm³/mol. The van der Waals surface area contributed by atoms with Gasteiger partial charge in [-0.3, -0.25) is 4.68 Å². The molecule has 3 rings (SSSR count). The highest BCUT2D eigenvalue weighted by Crippen LogP contribution is 2.28. The number of pyridine rings is 1. The highest BCUT2D eigenvalue weighted by atomic mass is 35.5. The molecule has 4 nitrogen and oxygen atoms in total. The van der Waals surface area contributed by atoms with Crippen molar-refractivity contribution in [2.45, 2.75) is 25.6 Å². The first kappa shape index (κ1) is 11.8. The fourth-order valence-corrected chi connectivity index (χ4v) is 2.87. The van der Waals surface area contributed by atoms with E-state index in [0.717, 1.165) is 41.2 Å². The van der Waals surface area contributed by atoms with Crippen LogP contribution in [-0.4, -0.2) is 27.9 Å². The molecule has 0 unspecified atom stereocenters. The Bertz CT molecular complexity index is 584. The molecular weight excluding hydrogens is 248 g/mol. The molecule has 1 fully saturated rings. The Balaban J connectivity index is 2.20. The fourth-order valence-electron chi connectivity index (χ4n) is 2.68. The summed E-state index contributed by atoms with van der Waals surface area (Å²) in [6.07, 6.45) is 2.48. The van der Waals surface area contributed by atoms with E-state index in [0.29, 0.717) is 5.88 Å². The van der Waals surface area contributed by atoms with E-state index in [9.17, 15) is 0 Å². The summed E-state index contributed by atoms with van der Waals surface area (Å²) in [5, 5.41) is 5.53. The van der Waals surface area contributed by atoms with Crippen molar-refractivity contribution < 1.29 is 0 Å². The van der Waals surface area contributed by atoms with Crippen LogP contribution in [0.4, 0.5) is 5.82 Å². The minimum atomic E-state index is 0.503. The maximum atomic E-state index is 6.08. The van der Waals surface area contributed by atoms with Gasteiger partial charge in [0.25, 0.3) is 0 Å². The lowest BCUT2D eigenvalue weighted by molar-refractivity contribution is 0.772. The number of fused-ring (bicyclic) bond motifs is 1. The van der Waals surface area contributed by atoms with Crippen LogP contribution in [0, 0.1) is 6.92 Å². The Hall–Kier alpha value is -1.29. The standard InChI is InChI=1S/C13H17ClN4/c1-9-11-7-10(8-14)12(18-5-3-4-6-18)15-13(11)17(2)16-9/h7H,3-6,8H2,1-2H3. The Labute approximate surface area is 112 Å². The van der Waals surface area contributed by atoms with Crippen molar-refractivity contribution in [2.75, 3.05) is 18.0 Å². The van der Waals surface area contributed by atoms with E-state index in [4.69, 9.17) is 16.6 Å². The summed E-state index contributed by atoms with van der Waals surface area (Å²) in [4.78, 5) is 7.12. The van der Waals surface area contributed by atoms with E-state index in [1.165, 1.54) is 12.8 Å². The monoisotopic (exact) mass is 264 g/mol. The van der Waals surface area contributed by atoms with Gasteiger partial charge in [0.05, 0.1) is 11.6 Å². The highest BCUT2D eigenvalue weighted by Gasteiger charge is 2.19. The van der Waals surface area contributed by atoms with Gasteiger partial charge in [-0.2, -0.15) is 5.10 Å². The number of rotatable bonds is 2. The fraction of sp³-hybridized carbons (Fsp3) is 0.538.